The van der Waals surface area contributed by atoms with Gasteiger partial charge in [-0.1, -0.05) is 20.3 Å². The van der Waals surface area contributed by atoms with Crippen LogP contribution in [0.25, 0.3) is 0 Å². The predicted molar refractivity (Wildman–Crippen MR) is 79.5 cm³/mol. The molecule has 1 aromatic heterocycles. The zero-order valence-corrected chi connectivity index (χ0v) is 12.5. The van der Waals surface area contributed by atoms with Crippen LogP contribution in [-0.4, -0.2) is 23.4 Å². The number of nitrogens with zero attached hydrogens (tertiary/aromatic N) is 1. The largest absolute Gasteiger partial charge is 0.382 e. The lowest BCUT2D eigenvalue weighted by atomic mass is 9.93. The van der Waals surface area contributed by atoms with Crippen LogP contribution in [0.15, 0.2) is 0 Å². The lowest BCUT2D eigenvalue weighted by Gasteiger charge is -2.21. The first kappa shape index (κ1) is 14.1. The minimum Gasteiger partial charge on any atom is -0.382 e. The number of aromatic nitrogens is 1. The van der Waals surface area contributed by atoms with E-state index in [0.717, 1.165) is 17.3 Å². The number of anilines is 2. The van der Waals surface area contributed by atoms with E-state index in [1.165, 1.54) is 24.4 Å². The molecule has 1 amide bonds. The van der Waals surface area contributed by atoms with Gasteiger partial charge < -0.3 is 16.4 Å². The van der Waals surface area contributed by atoms with Crippen LogP contribution in [0.3, 0.4) is 0 Å². The van der Waals surface area contributed by atoms with Gasteiger partial charge in [0.25, 0.3) is 5.91 Å². The Morgan fingerprint density at radius 3 is 2.84 bits per heavy atom. The Labute approximate surface area is 118 Å². The highest BCUT2D eigenvalue weighted by Gasteiger charge is 2.32. The molecule has 1 fully saturated rings. The highest BCUT2D eigenvalue weighted by Crippen LogP contribution is 2.37. The molecule has 0 bridgehead atoms. The fourth-order valence-electron chi connectivity index (χ4n) is 2.94. The van der Waals surface area contributed by atoms with Gasteiger partial charge in [-0.3, -0.25) is 4.79 Å². The minimum atomic E-state index is -0.175. The van der Waals surface area contributed by atoms with Crippen LogP contribution in [0.5, 0.6) is 0 Å². The summed E-state index contributed by atoms with van der Waals surface area (Å²) in [6.45, 7) is 4.52. The molecule has 0 aliphatic heterocycles. The van der Waals surface area contributed by atoms with E-state index in [1.807, 2.05) is 0 Å². The number of amides is 1. The maximum absolute atomic E-state index is 11.8. The minimum absolute atomic E-state index is 0.175. The standard InChI is InChI=1S/C13H22N4OS/c1-4-8-5-6-9(7(8)2)16-13-10(12(18)15-3)11(14)17-19-13/h7-9,16H,4-6H2,1-3H3,(H2,14,17)(H,15,18). The van der Waals surface area contributed by atoms with E-state index in [-0.39, 0.29) is 5.91 Å². The first-order valence-corrected chi connectivity index (χ1v) is 7.59. The molecule has 3 atom stereocenters. The quantitative estimate of drug-likeness (QED) is 0.791. The lowest BCUT2D eigenvalue weighted by molar-refractivity contribution is 0.0965. The summed E-state index contributed by atoms with van der Waals surface area (Å²) < 4.78 is 4.09. The van der Waals surface area contributed by atoms with Crippen molar-refractivity contribution in [1.29, 1.82) is 0 Å². The molecule has 3 unspecified atom stereocenters. The van der Waals surface area contributed by atoms with Gasteiger partial charge in [0.1, 0.15) is 10.6 Å². The number of hydrogen-bond acceptors (Lipinski definition) is 5. The van der Waals surface area contributed by atoms with Gasteiger partial charge in [0.2, 0.25) is 0 Å². The second-order valence-electron chi connectivity index (χ2n) is 5.21. The van der Waals surface area contributed by atoms with Gasteiger partial charge in [0.15, 0.2) is 5.82 Å². The summed E-state index contributed by atoms with van der Waals surface area (Å²) in [5, 5.41) is 6.88. The summed E-state index contributed by atoms with van der Waals surface area (Å²) in [5.41, 5.74) is 6.26. The molecule has 6 heteroatoms. The molecule has 1 aliphatic rings. The van der Waals surface area contributed by atoms with E-state index in [4.69, 9.17) is 5.73 Å². The second kappa shape index (κ2) is 5.77. The van der Waals surface area contributed by atoms with Crippen LogP contribution >= 0.6 is 11.5 Å². The average molecular weight is 282 g/mol. The van der Waals surface area contributed by atoms with E-state index in [0.29, 0.717) is 23.3 Å². The fraction of sp³-hybridized carbons (Fsp3) is 0.692. The van der Waals surface area contributed by atoms with Crippen molar-refractivity contribution >= 4 is 28.3 Å². The SMILES string of the molecule is CCC1CCC(Nc2snc(N)c2C(=O)NC)C1C. The highest BCUT2D eigenvalue weighted by atomic mass is 32.1. The second-order valence-corrected chi connectivity index (χ2v) is 5.98. The maximum atomic E-state index is 11.8. The third-order valence-electron chi connectivity index (χ3n) is 4.24. The van der Waals surface area contributed by atoms with Gasteiger partial charge >= 0.3 is 0 Å². The van der Waals surface area contributed by atoms with Crippen LogP contribution in [0, 0.1) is 11.8 Å². The molecule has 1 aromatic rings. The summed E-state index contributed by atoms with van der Waals surface area (Å²) in [6, 6.07) is 0.410. The average Bonchev–Trinajstić information content (AvgIpc) is 2.94. The molecule has 0 aromatic carbocycles. The van der Waals surface area contributed by atoms with E-state index in [1.54, 1.807) is 7.05 Å². The molecule has 5 nitrogen and oxygen atoms in total. The Hall–Kier alpha value is -1.30. The smallest absolute Gasteiger partial charge is 0.257 e. The van der Waals surface area contributed by atoms with Crippen molar-refractivity contribution in [3.8, 4) is 0 Å². The van der Waals surface area contributed by atoms with Gasteiger partial charge in [-0.2, -0.15) is 4.37 Å². The van der Waals surface area contributed by atoms with Crippen molar-refractivity contribution in [3.63, 3.8) is 0 Å². The molecule has 19 heavy (non-hydrogen) atoms. The Bertz CT molecular complexity index is 459. The molecule has 106 valence electrons. The Kier molecular flexibility index (Phi) is 4.29. The van der Waals surface area contributed by atoms with Crippen LogP contribution in [0.1, 0.15) is 43.5 Å². The molecular formula is C13H22N4OS. The van der Waals surface area contributed by atoms with Gasteiger partial charge in [-0.05, 0) is 36.2 Å². The van der Waals surface area contributed by atoms with Crippen molar-refractivity contribution < 1.29 is 4.79 Å². The molecule has 1 heterocycles. The molecule has 1 aliphatic carbocycles. The zero-order chi connectivity index (χ0) is 14.0. The predicted octanol–water partition coefficient (Wildman–Crippen LogP) is 2.32. The number of rotatable bonds is 4. The number of hydrogen-bond donors (Lipinski definition) is 3. The fourth-order valence-corrected chi connectivity index (χ4v) is 3.71. The monoisotopic (exact) mass is 282 g/mol. The van der Waals surface area contributed by atoms with Crippen LogP contribution in [-0.2, 0) is 0 Å². The van der Waals surface area contributed by atoms with E-state index >= 15 is 0 Å². The number of carbonyl (C=O) groups is 1. The number of carbonyl (C=O) groups excluding carboxylic acids is 1. The van der Waals surface area contributed by atoms with E-state index in [2.05, 4.69) is 28.9 Å². The van der Waals surface area contributed by atoms with Crippen molar-refractivity contribution in [2.24, 2.45) is 11.8 Å². The van der Waals surface area contributed by atoms with Crippen LogP contribution in [0.2, 0.25) is 0 Å². The summed E-state index contributed by atoms with van der Waals surface area (Å²) in [7, 11) is 1.61. The topological polar surface area (TPSA) is 80.0 Å². The first-order chi connectivity index (χ1) is 9.08. The van der Waals surface area contributed by atoms with E-state index < -0.39 is 0 Å². The lowest BCUT2D eigenvalue weighted by Crippen LogP contribution is -2.26. The Morgan fingerprint density at radius 2 is 2.26 bits per heavy atom. The van der Waals surface area contributed by atoms with E-state index in [9.17, 15) is 4.79 Å². The molecular weight excluding hydrogens is 260 g/mol. The number of nitrogen functional groups attached to an aromatic ring is 1. The van der Waals surface area contributed by atoms with Gasteiger partial charge in [0, 0.05) is 13.1 Å². The molecule has 0 saturated heterocycles. The number of nitrogens with two attached hydrogens (primary N) is 1. The van der Waals surface area contributed by atoms with Crippen LogP contribution in [0.4, 0.5) is 10.8 Å². The van der Waals surface area contributed by atoms with Gasteiger partial charge in [-0.15, -0.1) is 0 Å². The molecule has 0 radical (unpaired) electrons. The van der Waals surface area contributed by atoms with Crippen molar-refractivity contribution in [2.75, 3.05) is 18.1 Å². The summed E-state index contributed by atoms with van der Waals surface area (Å²) in [6.07, 6.45) is 3.61. The normalized spacial score (nSPS) is 26.4. The Balaban J connectivity index is 2.14. The van der Waals surface area contributed by atoms with Crippen molar-refractivity contribution in [1.82, 2.24) is 9.69 Å². The van der Waals surface area contributed by atoms with Crippen molar-refractivity contribution in [2.45, 2.75) is 39.2 Å². The van der Waals surface area contributed by atoms with Crippen molar-refractivity contribution in [3.05, 3.63) is 5.56 Å². The number of nitrogens with one attached hydrogen (secondary N) is 2. The third-order valence-corrected chi connectivity index (χ3v) is 5.03. The Morgan fingerprint density at radius 1 is 1.53 bits per heavy atom. The van der Waals surface area contributed by atoms with Crippen LogP contribution < -0.4 is 16.4 Å². The summed E-state index contributed by atoms with van der Waals surface area (Å²) in [4.78, 5) is 11.8. The molecule has 2 rings (SSSR count). The highest BCUT2D eigenvalue weighted by molar-refractivity contribution is 7.11. The van der Waals surface area contributed by atoms with Gasteiger partial charge in [-0.25, -0.2) is 0 Å². The first-order valence-electron chi connectivity index (χ1n) is 6.82. The summed E-state index contributed by atoms with van der Waals surface area (Å²) in [5.74, 6) is 1.52. The van der Waals surface area contributed by atoms with Gasteiger partial charge in [0.05, 0.1) is 0 Å². The zero-order valence-electron chi connectivity index (χ0n) is 11.7. The summed E-state index contributed by atoms with van der Waals surface area (Å²) >= 11 is 1.27. The molecule has 1 saturated carbocycles. The molecule has 4 N–H and O–H groups in total. The molecule has 0 spiro atoms. The maximum Gasteiger partial charge on any atom is 0.257 e. The third kappa shape index (κ3) is 2.68.